The first kappa shape index (κ1) is 15.5. The van der Waals surface area contributed by atoms with Gasteiger partial charge in [-0.3, -0.25) is 4.79 Å². The molecule has 1 N–H and O–H groups in total. The molecule has 0 unspecified atom stereocenters. The number of carbonyl (C=O) groups excluding carboxylic acids is 1. The Morgan fingerprint density at radius 3 is 2.63 bits per heavy atom. The monoisotopic (exact) mass is 265 g/mol. The lowest BCUT2D eigenvalue weighted by molar-refractivity contribution is -0.143. The molecule has 0 radical (unpaired) electrons. The molecule has 0 amide bonds. The van der Waals surface area contributed by atoms with Crippen molar-refractivity contribution in [2.24, 2.45) is 0 Å². The van der Waals surface area contributed by atoms with Gasteiger partial charge in [0.05, 0.1) is 13.7 Å². The zero-order chi connectivity index (χ0) is 13.9. The molecule has 0 atom stereocenters. The second-order valence-electron chi connectivity index (χ2n) is 4.35. The largest absolute Gasteiger partial charge is 0.497 e. The number of hydrogen-bond donors (Lipinski definition) is 1. The van der Waals surface area contributed by atoms with E-state index in [0.717, 1.165) is 31.7 Å². The van der Waals surface area contributed by atoms with Crippen molar-refractivity contribution >= 4 is 5.97 Å². The Morgan fingerprint density at radius 2 is 2.00 bits per heavy atom. The van der Waals surface area contributed by atoms with Gasteiger partial charge in [0.15, 0.2) is 0 Å². The molecule has 0 spiro atoms. The van der Waals surface area contributed by atoms with Crippen LogP contribution in [0.2, 0.25) is 0 Å². The topological polar surface area (TPSA) is 47.6 Å². The van der Waals surface area contributed by atoms with E-state index in [1.54, 1.807) is 7.11 Å². The third-order valence-corrected chi connectivity index (χ3v) is 2.70. The Hall–Kier alpha value is -1.55. The number of benzene rings is 1. The van der Waals surface area contributed by atoms with Gasteiger partial charge in [-0.05, 0) is 37.1 Å². The van der Waals surface area contributed by atoms with E-state index in [9.17, 15) is 4.79 Å². The first-order chi connectivity index (χ1) is 9.26. The molecule has 4 nitrogen and oxygen atoms in total. The predicted molar refractivity (Wildman–Crippen MR) is 75.2 cm³/mol. The highest BCUT2D eigenvalue weighted by Crippen LogP contribution is 2.10. The highest BCUT2D eigenvalue weighted by molar-refractivity contribution is 5.69. The van der Waals surface area contributed by atoms with Crippen molar-refractivity contribution in [3.05, 3.63) is 29.8 Å². The number of hydrogen-bond acceptors (Lipinski definition) is 4. The van der Waals surface area contributed by atoms with Gasteiger partial charge in [-0.25, -0.2) is 0 Å². The van der Waals surface area contributed by atoms with Crippen LogP contribution in [0, 0.1) is 0 Å². The molecule has 0 bridgehead atoms. The Morgan fingerprint density at radius 1 is 1.26 bits per heavy atom. The second kappa shape index (κ2) is 9.39. The lowest BCUT2D eigenvalue weighted by Gasteiger charge is -2.07. The lowest BCUT2D eigenvalue weighted by atomic mass is 10.2. The van der Waals surface area contributed by atoms with Crippen LogP contribution >= 0.6 is 0 Å². The summed E-state index contributed by atoms with van der Waals surface area (Å²) in [5.41, 5.74) is 1.21. The van der Waals surface area contributed by atoms with E-state index in [4.69, 9.17) is 9.47 Å². The van der Waals surface area contributed by atoms with Crippen LogP contribution in [0.15, 0.2) is 24.3 Å². The molecule has 0 aliphatic heterocycles. The fourth-order valence-corrected chi connectivity index (χ4v) is 1.64. The van der Waals surface area contributed by atoms with Gasteiger partial charge in [0.25, 0.3) is 0 Å². The number of esters is 1. The molecule has 0 heterocycles. The van der Waals surface area contributed by atoms with Gasteiger partial charge >= 0.3 is 5.97 Å². The third kappa shape index (κ3) is 6.82. The molecule has 1 rings (SSSR count). The maximum Gasteiger partial charge on any atom is 0.305 e. The molecule has 4 heteroatoms. The average Bonchev–Trinajstić information content (AvgIpc) is 2.43. The van der Waals surface area contributed by atoms with Crippen molar-refractivity contribution in [2.45, 2.75) is 32.7 Å². The minimum atomic E-state index is -0.0994. The Kier molecular flexibility index (Phi) is 7.66. The molecule has 0 saturated carbocycles. The van der Waals surface area contributed by atoms with Gasteiger partial charge in [-0.1, -0.05) is 19.1 Å². The van der Waals surface area contributed by atoms with E-state index >= 15 is 0 Å². The van der Waals surface area contributed by atoms with Crippen molar-refractivity contribution in [2.75, 3.05) is 20.3 Å². The summed E-state index contributed by atoms with van der Waals surface area (Å²) in [7, 11) is 1.66. The van der Waals surface area contributed by atoms with Crippen LogP contribution in [-0.2, 0) is 16.1 Å². The van der Waals surface area contributed by atoms with E-state index in [1.807, 2.05) is 31.2 Å². The fraction of sp³-hybridized carbons (Fsp3) is 0.533. The maximum absolute atomic E-state index is 11.1. The molecule has 0 aliphatic rings. The van der Waals surface area contributed by atoms with E-state index < -0.39 is 0 Å². The highest BCUT2D eigenvalue weighted by atomic mass is 16.5. The maximum atomic E-state index is 11.1. The molecule has 0 aromatic heterocycles. The molecule has 1 aromatic rings. The van der Waals surface area contributed by atoms with Gasteiger partial charge in [0, 0.05) is 13.0 Å². The zero-order valence-corrected chi connectivity index (χ0v) is 11.8. The first-order valence-electron chi connectivity index (χ1n) is 6.75. The molecule has 0 saturated heterocycles. The number of nitrogens with one attached hydrogen (secondary N) is 1. The minimum absolute atomic E-state index is 0.0994. The average molecular weight is 265 g/mol. The van der Waals surface area contributed by atoms with Crippen molar-refractivity contribution in [1.29, 1.82) is 0 Å². The normalized spacial score (nSPS) is 10.2. The summed E-state index contributed by atoms with van der Waals surface area (Å²) >= 11 is 0. The quantitative estimate of drug-likeness (QED) is 0.550. The fourth-order valence-electron chi connectivity index (χ4n) is 1.64. The summed E-state index contributed by atoms with van der Waals surface area (Å²) in [6, 6.07) is 7.97. The van der Waals surface area contributed by atoms with Crippen molar-refractivity contribution in [3.8, 4) is 5.75 Å². The second-order valence-corrected chi connectivity index (χ2v) is 4.35. The smallest absolute Gasteiger partial charge is 0.305 e. The van der Waals surface area contributed by atoms with Crippen molar-refractivity contribution in [3.63, 3.8) is 0 Å². The summed E-state index contributed by atoms with van der Waals surface area (Å²) in [6.45, 7) is 4.12. The standard InChI is InChI=1S/C15H23NO3/c1-3-5-15(17)19-11-4-10-16-12-13-6-8-14(18-2)9-7-13/h6-9,16H,3-5,10-12H2,1-2H3. The predicted octanol–water partition coefficient (Wildman–Crippen LogP) is 2.52. The molecule has 0 fully saturated rings. The van der Waals surface area contributed by atoms with Crippen LogP contribution in [0.5, 0.6) is 5.75 Å². The third-order valence-electron chi connectivity index (χ3n) is 2.70. The number of carbonyl (C=O) groups is 1. The highest BCUT2D eigenvalue weighted by Gasteiger charge is 1.99. The van der Waals surface area contributed by atoms with Gasteiger partial charge in [-0.15, -0.1) is 0 Å². The summed E-state index contributed by atoms with van der Waals surface area (Å²) in [6.07, 6.45) is 2.19. The molecular weight excluding hydrogens is 242 g/mol. The number of rotatable bonds is 9. The molecule has 1 aromatic carbocycles. The van der Waals surface area contributed by atoms with Crippen LogP contribution < -0.4 is 10.1 Å². The summed E-state index contributed by atoms with van der Waals surface area (Å²) in [4.78, 5) is 11.1. The Balaban J connectivity index is 2.05. The summed E-state index contributed by atoms with van der Waals surface area (Å²) in [5.74, 6) is 0.768. The van der Waals surface area contributed by atoms with Crippen molar-refractivity contribution < 1.29 is 14.3 Å². The van der Waals surface area contributed by atoms with Crippen molar-refractivity contribution in [1.82, 2.24) is 5.32 Å². The van der Waals surface area contributed by atoms with Crippen LogP contribution in [0.25, 0.3) is 0 Å². The van der Waals surface area contributed by atoms with E-state index in [-0.39, 0.29) is 5.97 Å². The Bertz CT molecular complexity index is 362. The van der Waals surface area contributed by atoms with Crippen LogP contribution in [0.4, 0.5) is 0 Å². The first-order valence-corrected chi connectivity index (χ1v) is 6.75. The SMILES string of the molecule is CCCC(=O)OCCCNCc1ccc(OC)cc1. The van der Waals surface area contributed by atoms with Crippen LogP contribution in [0.1, 0.15) is 31.7 Å². The van der Waals surface area contributed by atoms with Crippen LogP contribution in [0.3, 0.4) is 0 Å². The zero-order valence-electron chi connectivity index (χ0n) is 11.8. The molecule has 0 aliphatic carbocycles. The molecule has 19 heavy (non-hydrogen) atoms. The van der Waals surface area contributed by atoms with E-state index in [1.165, 1.54) is 5.56 Å². The van der Waals surface area contributed by atoms with E-state index in [0.29, 0.717) is 13.0 Å². The van der Waals surface area contributed by atoms with Gasteiger partial charge in [0.2, 0.25) is 0 Å². The van der Waals surface area contributed by atoms with E-state index in [2.05, 4.69) is 5.32 Å². The summed E-state index contributed by atoms with van der Waals surface area (Å²) in [5, 5.41) is 3.31. The molecule has 106 valence electrons. The molecular formula is C15H23NO3. The lowest BCUT2D eigenvalue weighted by Crippen LogP contribution is -2.17. The minimum Gasteiger partial charge on any atom is -0.497 e. The summed E-state index contributed by atoms with van der Waals surface area (Å²) < 4.78 is 10.2. The Labute approximate surface area is 115 Å². The van der Waals surface area contributed by atoms with Gasteiger partial charge < -0.3 is 14.8 Å². The van der Waals surface area contributed by atoms with Crippen LogP contribution in [-0.4, -0.2) is 26.2 Å². The van der Waals surface area contributed by atoms with Gasteiger partial charge in [-0.2, -0.15) is 0 Å². The number of ether oxygens (including phenoxy) is 2. The number of methoxy groups -OCH3 is 1. The van der Waals surface area contributed by atoms with Gasteiger partial charge in [0.1, 0.15) is 5.75 Å².